The van der Waals surface area contributed by atoms with Crippen LogP contribution in [0.3, 0.4) is 0 Å². The van der Waals surface area contributed by atoms with Crippen molar-refractivity contribution >= 4 is 28.1 Å². The maximum Gasteiger partial charge on any atom is 0.425 e. The highest BCUT2D eigenvalue weighted by molar-refractivity contribution is 7.10. The van der Waals surface area contributed by atoms with Crippen LogP contribution in [0, 0.1) is 18.8 Å². The summed E-state index contributed by atoms with van der Waals surface area (Å²) in [6, 6.07) is 2.34. The van der Waals surface area contributed by atoms with Crippen LogP contribution in [0.15, 0.2) is 18.5 Å². The Balaban J connectivity index is 1.33. The van der Waals surface area contributed by atoms with Gasteiger partial charge in [-0.05, 0) is 56.1 Å². The standard InChI is InChI=1S/C19H22F3N7OS/c1-10-7-14(31-27-10)28-8-12-3-4-13(9-28)15(12)24-18-25-16-17(23-5-6-29(16)26-18)30-11(2)19(20,21)22/h5-7,11-13,15H,3-4,8-9H2,1-2H3,(H,24,26). The van der Waals surface area contributed by atoms with Crippen molar-refractivity contribution in [3.05, 3.63) is 24.2 Å². The molecular weight excluding hydrogens is 431 g/mol. The minimum atomic E-state index is -4.49. The fourth-order valence-corrected chi connectivity index (χ4v) is 5.24. The van der Waals surface area contributed by atoms with Crippen molar-refractivity contribution in [1.82, 2.24) is 24.0 Å². The van der Waals surface area contributed by atoms with E-state index in [0.717, 1.165) is 38.5 Å². The van der Waals surface area contributed by atoms with Gasteiger partial charge in [-0.2, -0.15) is 22.5 Å². The molecule has 2 bridgehead atoms. The molecular formula is C19H22F3N7OS. The largest absolute Gasteiger partial charge is 0.462 e. The van der Waals surface area contributed by atoms with E-state index < -0.39 is 12.3 Å². The predicted molar refractivity (Wildman–Crippen MR) is 110 cm³/mol. The number of halogens is 3. The second-order valence-corrected chi connectivity index (χ2v) is 9.00. The van der Waals surface area contributed by atoms with Gasteiger partial charge in [-0.3, -0.25) is 0 Å². The first-order valence-corrected chi connectivity index (χ1v) is 10.9. The summed E-state index contributed by atoms with van der Waals surface area (Å²) >= 11 is 1.53. The van der Waals surface area contributed by atoms with Crippen molar-refractivity contribution in [3.63, 3.8) is 0 Å². The zero-order chi connectivity index (χ0) is 21.8. The lowest BCUT2D eigenvalue weighted by Crippen LogP contribution is -2.48. The SMILES string of the molecule is Cc1cc(N2CC3CCC(C2)C3Nc2nc3c(OC(C)C(F)(F)F)nccn3n2)sn1. The fraction of sp³-hybridized carbons (Fsp3) is 0.579. The first-order chi connectivity index (χ1) is 14.8. The molecule has 1 aliphatic carbocycles. The van der Waals surface area contributed by atoms with Gasteiger partial charge in [0.05, 0.1) is 5.69 Å². The molecule has 1 saturated heterocycles. The van der Waals surface area contributed by atoms with Gasteiger partial charge in [-0.15, -0.1) is 5.10 Å². The number of hydrogen-bond donors (Lipinski definition) is 1. The van der Waals surface area contributed by atoms with Crippen molar-refractivity contribution in [2.24, 2.45) is 11.8 Å². The third-order valence-electron chi connectivity index (χ3n) is 6.03. The number of piperidine rings is 1. The lowest BCUT2D eigenvalue weighted by atomic mass is 9.92. The molecule has 31 heavy (non-hydrogen) atoms. The monoisotopic (exact) mass is 453 g/mol. The summed E-state index contributed by atoms with van der Waals surface area (Å²) in [6.07, 6.45) is -1.36. The van der Waals surface area contributed by atoms with Gasteiger partial charge in [-0.25, -0.2) is 9.50 Å². The van der Waals surface area contributed by atoms with E-state index in [-0.39, 0.29) is 17.6 Å². The van der Waals surface area contributed by atoms with E-state index >= 15 is 0 Å². The van der Waals surface area contributed by atoms with Gasteiger partial charge in [0.25, 0.3) is 5.88 Å². The van der Waals surface area contributed by atoms with E-state index in [9.17, 15) is 13.2 Å². The van der Waals surface area contributed by atoms with Crippen molar-refractivity contribution in [2.75, 3.05) is 23.3 Å². The Hall–Kier alpha value is -2.63. The molecule has 1 N–H and O–H groups in total. The van der Waals surface area contributed by atoms with Gasteiger partial charge in [0, 0.05) is 31.5 Å². The van der Waals surface area contributed by atoms with Crippen molar-refractivity contribution < 1.29 is 17.9 Å². The average molecular weight is 453 g/mol. The Labute approximate surface area is 180 Å². The van der Waals surface area contributed by atoms with Gasteiger partial charge in [0.2, 0.25) is 11.6 Å². The van der Waals surface area contributed by atoms with Gasteiger partial charge in [0.1, 0.15) is 5.00 Å². The molecule has 0 aromatic carbocycles. The highest BCUT2D eigenvalue weighted by Crippen LogP contribution is 2.41. The number of aromatic nitrogens is 5. The summed E-state index contributed by atoms with van der Waals surface area (Å²) in [7, 11) is 0. The molecule has 4 heterocycles. The summed E-state index contributed by atoms with van der Waals surface area (Å²) in [5, 5.41) is 9.02. The molecule has 5 rings (SSSR count). The maximum atomic E-state index is 12.9. The minimum absolute atomic E-state index is 0.158. The van der Waals surface area contributed by atoms with Gasteiger partial charge in [-0.1, -0.05) is 0 Å². The zero-order valence-corrected chi connectivity index (χ0v) is 17.8. The van der Waals surface area contributed by atoms with Crippen molar-refractivity contribution in [2.45, 2.75) is 45.0 Å². The van der Waals surface area contributed by atoms with E-state index in [4.69, 9.17) is 4.74 Å². The van der Waals surface area contributed by atoms with Crippen LogP contribution in [0.5, 0.6) is 5.88 Å². The smallest absolute Gasteiger partial charge is 0.425 e. The highest BCUT2D eigenvalue weighted by Gasteiger charge is 2.43. The number of alkyl halides is 3. The minimum Gasteiger partial charge on any atom is -0.462 e. The van der Waals surface area contributed by atoms with Crippen LogP contribution in [0.2, 0.25) is 0 Å². The maximum absolute atomic E-state index is 12.9. The molecule has 3 aromatic rings. The summed E-state index contributed by atoms with van der Waals surface area (Å²) in [5.41, 5.74) is 1.19. The van der Waals surface area contributed by atoms with Crippen LogP contribution in [0.1, 0.15) is 25.5 Å². The number of rotatable bonds is 5. The first-order valence-electron chi connectivity index (χ1n) is 10.2. The van der Waals surface area contributed by atoms with Crippen LogP contribution < -0.4 is 15.0 Å². The summed E-state index contributed by atoms with van der Waals surface area (Å²) in [5.74, 6) is 1.06. The van der Waals surface area contributed by atoms with E-state index in [1.807, 2.05) is 6.92 Å². The molecule has 12 heteroatoms. The van der Waals surface area contributed by atoms with Crippen molar-refractivity contribution in [3.8, 4) is 5.88 Å². The van der Waals surface area contributed by atoms with E-state index in [0.29, 0.717) is 17.8 Å². The second-order valence-electron chi connectivity index (χ2n) is 8.22. The van der Waals surface area contributed by atoms with Crippen LogP contribution in [0.25, 0.3) is 5.65 Å². The van der Waals surface area contributed by atoms with E-state index in [1.165, 1.54) is 27.2 Å². The molecule has 3 atom stereocenters. The summed E-state index contributed by atoms with van der Waals surface area (Å²) < 4.78 is 49.4. The molecule has 0 spiro atoms. The second kappa shape index (κ2) is 7.50. The molecule has 166 valence electrons. The van der Waals surface area contributed by atoms with Crippen LogP contribution in [-0.4, -0.2) is 55.4 Å². The topological polar surface area (TPSA) is 80.5 Å². The Kier molecular flexibility index (Phi) is 4.91. The van der Waals surface area contributed by atoms with E-state index in [1.54, 1.807) is 6.20 Å². The lowest BCUT2D eigenvalue weighted by molar-refractivity contribution is -0.189. The van der Waals surface area contributed by atoms with Crippen molar-refractivity contribution in [1.29, 1.82) is 0 Å². The molecule has 0 radical (unpaired) electrons. The number of ether oxygens (including phenoxy) is 1. The molecule has 1 aliphatic heterocycles. The van der Waals surface area contributed by atoms with Crippen LogP contribution >= 0.6 is 11.5 Å². The number of fused-ring (bicyclic) bond motifs is 3. The molecule has 3 unspecified atom stereocenters. The lowest BCUT2D eigenvalue weighted by Gasteiger charge is -2.38. The Morgan fingerprint density at radius 3 is 2.65 bits per heavy atom. The van der Waals surface area contributed by atoms with Crippen LogP contribution in [-0.2, 0) is 0 Å². The number of nitrogens with one attached hydrogen (secondary N) is 1. The number of hydrogen-bond acceptors (Lipinski definition) is 8. The van der Waals surface area contributed by atoms with Gasteiger partial charge < -0.3 is 15.0 Å². The Morgan fingerprint density at radius 1 is 1.26 bits per heavy atom. The molecule has 1 saturated carbocycles. The quantitative estimate of drug-likeness (QED) is 0.633. The van der Waals surface area contributed by atoms with Crippen LogP contribution in [0.4, 0.5) is 24.1 Å². The van der Waals surface area contributed by atoms with Gasteiger partial charge >= 0.3 is 6.18 Å². The fourth-order valence-electron chi connectivity index (χ4n) is 4.46. The highest BCUT2D eigenvalue weighted by atomic mass is 32.1. The summed E-state index contributed by atoms with van der Waals surface area (Å²) in [6.45, 7) is 4.81. The predicted octanol–water partition coefficient (Wildman–Crippen LogP) is 3.55. The Morgan fingerprint density at radius 2 is 2.00 bits per heavy atom. The third-order valence-corrected chi connectivity index (χ3v) is 6.97. The van der Waals surface area contributed by atoms with Gasteiger partial charge in [0.15, 0.2) is 6.10 Å². The first kappa shape index (κ1) is 20.3. The van der Waals surface area contributed by atoms with E-state index in [2.05, 4.69) is 35.7 Å². The number of nitrogens with zero attached hydrogens (tertiary/aromatic N) is 6. The zero-order valence-electron chi connectivity index (χ0n) is 17.0. The molecule has 0 amide bonds. The average Bonchev–Trinajstić information content (AvgIpc) is 3.38. The third kappa shape index (κ3) is 3.88. The number of anilines is 2. The Bertz CT molecular complexity index is 1070. The normalized spacial score (nSPS) is 24.5. The molecule has 3 aromatic heterocycles. The molecule has 2 fully saturated rings. The number of aryl methyl sites for hydroxylation is 1. The summed E-state index contributed by atoms with van der Waals surface area (Å²) in [4.78, 5) is 10.7. The molecule has 2 aliphatic rings. The molecule has 8 nitrogen and oxygen atoms in total.